The first-order valence-corrected chi connectivity index (χ1v) is 25.5. The van der Waals surface area contributed by atoms with Crippen molar-refractivity contribution in [2.75, 3.05) is 4.90 Å². The van der Waals surface area contributed by atoms with Crippen LogP contribution in [0.2, 0.25) is 0 Å². The lowest BCUT2D eigenvalue weighted by atomic mass is 10.1. The third-order valence-corrected chi connectivity index (χ3v) is 19.5. The van der Waals surface area contributed by atoms with Gasteiger partial charge in [0.15, 0.2) is 8.07 Å². The number of nitrogens with zero attached hydrogens (tertiary/aromatic N) is 4. The maximum Gasteiger partial charge on any atom is 0.179 e. The van der Waals surface area contributed by atoms with Crippen LogP contribution in [-0.2, 0) is 0 Å². The van der Waals surface area contributed by atoms with Crippen LogP contribution in [0.5, 0.6) is 0 Å². The summed E-state index contributed by atoms with van der Waals surface area (Å²) in [5.74, 6) is 0. The fourth-order valence-electron chi connectivity index (χ4n) is 10.8. The van der Waals surface area contributed by atoms with Gasteiger partial charge >= 0.3 is 0 Å². The molecule has 0 saturated heterocycles. The van der Waals surface area contributed by atoms with Gasteiger partial charge in [0.05, 0.1) is 45.1 Å². The Morgan fingerprint density at radius 1 is 0.343 bits per heavy atom. The number of hydrogen-bond donors (Lipinski definition) is 0. The Morgan fingerprint density at radius 3 is 1.27 bits per heavy atom. The molecule has 3 heterocycles. The number of hydrogen-bond acceptors (Lipinski definition) is 3. The molecule has 0 N–H and O–H groups in total. The van der Waals surface area contributed by atoms with Crippen LogP contribution in [-0.4, -0.2) is 17.2 Å². The smallest absolute Gasteiger partial charge is 0.179 e. The Hall–Kier alpha value is -8.34. The van der Waals surface area contributed by atoms with Gasteiger partial charge < -0.3 is 14.0 Å². The number of rotatable bonds is 7. The van der Waals surface area contributed by atoms with Gasteiger partial charge in [0, 0.05) is 48.4 Å². The van der Waals surface area contributed by atoms with Crippen molar-refractivity contribution in [3.63, 3.8) is 0 Å². The second kappa shape index (κ2) is 15.7. The SMILES string of the molecule is N#Cc1ccc2c(c1)c1ccccc1n2-c1ccc2c(c1)Sc1cc(-n3c4ccccc4c4ccccc43)ccc1N2c1cccc([Si](c2ccccc2)(c2ccccc2)c2ccccc2)c1. The van der Waals surface area contributed by atoms with E-state index in [2.05, 4.69) is 251 Å². The lowest BCUT2D eigenvalue weighted by Gasteiger charge is -2.37. The summed E-state index contributed by atoms with van der Waals surface area (Å²) in [5.41, 5.74) is 10.8. The van der Waals surface area contributed by atoms with Crippen LogP contribution in [0, 0.1) is 11.3 Å². The normalized spacial score (nSPS) is 12.4. The van der Waals surface area contributed by atoms with E-state index >= 15 is 0 Å². The Morgan fingerprint density at radius 2 is 0.776 bits per heavy atom. The van der Waals surface area contributed by atoms with Gasteiger partial charge in [-0.3, -0.25) is 0 Å². The summed E-state index contributed by atoms with van der Waals surface area (Å²) >= 11 is 1.83. The number of fused-ring (bicyclic) bond motifs is 8. The first-order valence-electron chi connectivity index (χ1n) is 22.6. The van der Waals surface area contributed by atoms with Gasteiger partial charge in [0.2, 0.25) is 0 Å². The van der Waals surface area contributed by atoms with Crippen LogP contribution in [0.1, 0.15) is 5.56 Å². The van der Waals surface area contributed by atoms with E-state index < -0.39 is 8.07 Å². The van der Waals surface area contributed by atoms with Crippen LogP contribution in [0.25, 0.3) is 55.0 Å². The number of benzene rings is 10. The molecule has 0 fully saturated rings. The van der Waals surface area contributed by atoms with Crippen LogP contribution in [0.3, 0.4) is 0 Å². The van der Waals surface area contributed by atoms with Gasteiger partial charge in [-0.2, -0.15) is 5.26 Å². The molecule has 0 bridgehead atoms. The maximum atomic E-state index is 9.88. The molecular formula is C61H40N4SSi. The first kappa shape index (κ1) is 39.1. The minimum absolute atomic E-state index is 0.656. The maximum absolute atomic E-state index is 9.88. The monoisotopic (exact) mass is 888 g/mol. The van der Waals surface area contributed by atoms with Crippen molar-refractivity contribution < 1.29 is 0 Å². The standard InChI is InChI=1S/C61H40N4SSi/c62-41-42-31-34-57-53(37-42)52-27-12-15-30-56(52)64(57)45-33-36-59-61(40-45)66-60-39-44(63-54-28-13-10-25-50(54)51-26-11-14-29-55(51)63)32-35-58(60)65(59)43-17-16-24-49(38-43)67(46-18-4-1-5-19-46,47-20-6-2-7-21-47)48-22-8-3-9-23-48/h1-40H. The Bertz CT molecular complexity index is 3780. The van der Waals surface area contributed by atoms with Crippen LogP contribution in [0.15, 0.2) is 252 Å². The van der Waals surface area contributed by atoms with Crippen molar-refractivity contribution >= 4 is 101 Å². The van der Waals surface area contributed by atoms with Gasteiger partial charge in [0.1, 0.15) is 0 Å². The minimum atomic E-state index is -2.84. The molecule has 12 aromatic rings. The Balaban J connectivity index is 1.05. The molecule has 0 saturated carbocycles. The van der Waals surface area contributed by atoms with Gasteiger partial charge in [-0.15, -0.1) is 0 Å². The number of nitriles is 1. The second-order valence-electron chi connectivity index (χ2n) is 17.2. The molecule has 4 nitrogen and oxygen atoms in total. The van der Waals surface area contributed by atoms with E-state index in [9.17, 15) is 5.26 Å². The molecule has 0 unspecified atom stereocenters. The molecule has 1 aliphatic heterocycles. The molecular weight excluding hydrogens is 849 g/mol. The highest BCUT2D eigenvalue weighted by Crippen LogP contribution is 2.53. The molecule has 314 valence electrons. The van der Waals surface area contributed by atoms with Crippen molar-refractivity contribution in [1.29, 1.82) is 5.26 Å². The highest BCUT2D eigenvalue weighted by molar-refractivity contribution is 7.99. The largest absolute Gasteiger partial charge is 0.309 e. The molecule has 2 aromatic heterocycles. The summed E-state index contributed by atoms with van der Waals surface area (Å²) in [5, 5.41) is 19.9. The number of aromatic nitrogens is 2. The molecule has 0 aliphatic carbocycles. The first-order chi connectivity index (χ1) is 33.2. The minimum Gasteiger partial charge on any atom is -0.309 e. The molecule has 6 heteroatoms. The van der Waals surface area contributed by atoms with Crippen molar-refractivity contribution in [2.45, 2.75) is 9.79 Å². The summed E-state index contributed by atoms with van der Waals surface area (Å²) in [6.07, 6.45) is 0. The van der Waals surface area contributed by atoms with Gasteiger partial charge in [-0.05, 0) is 106 Å². The van der Waals surface area contributed by atoms with E-state index in [4.69, 9.17) is 0 Å². The molecule has 0 radical (unpaired) electrons. The van der Waals surface area contributed by atoms with Crippen molar-refractivity contribution in [3.8, 4) is 17.4 Å². The van der Waals surface area contributed by atoms with E-state index in [0.29, 0.717) is 5.56 Å². The highest BCUT2D eigenvalue weighted by atomic mass is 32.2. The molecule has 0 amide bonds. The van der Waals surface area contributed by atoms with E-state index in [1.54, 1.807) is 0 Å². The Kier molecular flexibility index (Phi) is 9.14. The van der Waals surface area contributed by atoms with Crippen molar-refractivity contribution in [3.05, 3.63) is 248 Å². The third-order valence-electron chi connectivity index (χ3n) is 13.6. The zero-order chi connectivity index (χ0) is 44.5. The van der Waals surface area contributed by atoms with Gasteiger partial charge in [-0.25, -0.2) is 0 Å². The van der Waals surface area contributed by atoms with Crippen LogP contribution in [0.4, 0.5) is 17.1 Å². The molecule has 13 rings (SSSR count). The third kappa shape index (κ3) is 6.06. The molecule has 1 aliphatic rings. The summed E-state index contributed by atoms with van der Waals surface area (Å²) in [6, 6.07) is 91.1. The lowest BCUT2D eigenvalue weighted by Crippen LogP contribution is -2.74. The zero-order valence-electron chi connectivity index (χ0n) is 36.3. The molecule has 67 heavy (non-hydrogen) atoms. The topological polar surface area (TPSA) is 36.9 Å². The second-order valence-corrected chi connectivity index (χ2v) is 22.1. The average molecular weight is 889 g/mol. The summed E-state index contributed by atoms with van der Waals surface area (Å²) in [7, 11) is -2.84. The fraction of sp³-hybridized carbons (Fsp3) is 0. The van der Waals surface area contributed by atoms with E-state index in [0.717, 1.165) is 55.1 Å². The van der Waals surface area contributed by atoms with E-state index in [1.165, 1.54) is 47.4 Å². The molecule has 0 spiro atoms. The zero-order valence-corrected chi connectivity index (χ0v) is 38.1. The summed E-state index contributed by atoms with van der Waals surface area (Å²) < 4.78 is 4.76. The van der Waals surface area contributed by atoms with E-state index in [1.807, 2.05) is 23.9 Å². The van der Waals surface area contributed by atoms with Crippen LogP contribution < -0.4 is 25.6 Å². The Labute approximate surface area is 393 Å². The highest BCUT2D eigenvalue weighted by Gasteiger charge is 2.42. The van der Waals surface area contributed by atoms with E-state index in [-0.39, 0.29) is 0 Å². The van der Waals surface area contributed by atoms with Gasteiger partial charge in [-0.1, -0.05) is 169 Å². The van der Waals surface area contributed by atoms with Crippen molar-refractivity contribution in [1.82, 2.24) is 9.13 Å². The summed E-state index contributed by atoms with van der Waals surface area (Å²) in [6.45, 7) is 0. The van der Waals surface area contributed by atoms with Gasteiger partial charge in [0.25, 0.3) is 0 Å². The number of anilines is 3. The predicted octanol–water partition coefficient (Wildman–Crippen LogP) is 13.1. The lowest BCUT2D eigenvalue weighted by molar-refractivity contribution is 1.11. The quantitative estimate of drug-likeness (QED) is 0.118. The fourth-order valence-corrected chi connectivity index (χ4v) is 16.7. The predicted molar refractivity (Wildman–Crippen MR) is 282 cm³/mol. The molecule has 0 atom stereocenters. The van der Waals surface area contributed by atoms with Crippen LogP contribution >= 0.6 is 11.8 Å². The summed E-state index contributed by atoms with van der Waals surface area (Å²) in [4.78, 5) is 4.81. The molecule has 10 aromatic carbocycles. The average Bonchev–Trinajstić information content (AvgIpc) is 3.91. The number of para-hydroxylation sites is 3. The van der Waals surface area contributed by atoms with Crippen molar-refractivity contribution in [2.24, 2.45) is 0 Å².